The summed E-state index contributed by atoms with van der Waals surface area (Å²) in [5, 5.41) is 11.5. The van der Waals surface area contributed by atoms with Gasteiger partial charge in [0.2, 0.25) is 5.95 Å². The first-order valence-electron chi connectivity index (χ1n) is 4.54. The van der Waals surface area contributed by atoms with Crippen LogP contribution in [0.4, 0.5) is 11.8 Å². The zero-order valence-corrected chi connectivity index (χ0v) is 8.43. The molecule has 16 heavy (non-hydrogen) atoms. The molecule has 8 nitrogen and oxygen atoms in total. The average Bonchev–Trinajstić information content (AvgIpc) is 2.65. The van der Waals surface area contributed by atoms with Gasteiger partial charge < -0.3 is 21.1 Å². The van der Waals surface area contributed by atoms with Gasteiger partial charge in [0.1, 0.15) is 11.6 Å². The van der Waals surface area contributed by atoms with E-state index in [1.807, 2.05) is 0 Å². The third kappa shape index (κ3) is 1.72. The number of carboxylic acid groups (broad SMARTS) is 1. The van der Waals surface area contributed by atoms with Gasteiger partial charge in [-0.15, -0.1) is 0 Å². The van der Waals surface area contributed by atoms with Gasteiger partial charge >= 0.3 is 5.97 Å². The Kier molecular flexibility index (Phi) is 2.31. The van der Waals surface area contributed by atoms with Crippen molar-refractivity contribution in [2.24, 2.45) is 0 Å². The van der Waals surface area contributed by atoms with Gasteiger partial charge in [-0.3, -0.25) is 4.79 Å². The Balaban J connectivity index is 2.42. The average molecular weight is 222 g/mol. The Morgan fingerprint density at radius 3 is 3.06 bits per heavy atom. The summed E-state index contributed by atoms with van der Waals surface area (Å²) in [5.74, 6) is -0.612. The normalized spacial score (nSPS) is 12.6. The van der Waals surface area contributed by atoms with Crippen molar-refractivity contribution in [3.05, 3.63) is 6.33 Å². The van der Waals surface area contributed by atoms with Crippen LogP contribution in [0.25, 0.3) is 11.2 Å². The topological polar surface area (TPSA) is 130 Å². The molecular weight excluding hydrogens is 212 g/mol. The maximum Gasteiger partial charge on any atom is 0.325 e. The lowest BCUT2D eigenvalue weighted by Crippen LogP contribution is -2.26. The minimum absolute atomic E-state index is 0.0414. The number of nitrogens with zero attached hydrogens (tertiary/aromatic N) is 3. The van der Waals surface area contributed by atoms with Crippen molar-refractivity contribution in [3.8, 4) is 0 Å². The third-order valence-corrected chi connectivity index (χ3v) is 2.03. The standard InChI is InChI=1S/C8H10N6O2/c1-3(7(15)16)12-6-4-5(11-2-10-4)13-8(9)14-6/h2-3H,1H3,(H,15,16)(H4,9,10,11,12,13,14). The van der Waals surface area contributed by atoms with Crippen LogP contribution in [-0.2, 0) is 4.79 Å². The zero-order valence-electron chi connectivity index (χ0n) is 8.43. The lowest BCUT2D eigenvalue weighted by Gasteiger charge is -2.10. The van der Waals surface area contributed by atoms with Crippen molar-refractivity contribution in [1.82, 2.24) is 19.9 Å². The van der Waals surface area contributed by atoms with Gasteiger partial charge in [0.05, 0.1) is 6.33 Å². The summed E-state index contributed by atoms with van der Waals surface area (Å²) in [4.78, 5) is 25.2. The molecule has 0 spiro atoms. The molecule has 5 N–H and O–H groups in total. The van der Waals surface area contributed by atoms with Crippen LogP contribution in [0.2, 0.25) is 0 Å². The first-order chi connectivity index (χ1) is 7.58. The Hall–Kier alpha value is -2.38. The molecule has 1 atom stereocenters. The highest BCUT2D eigenvalue weighted by Crippen LogP contribution is 2.17. The fourth-order valence-corrected chi connectivity index (χ4v) is 1.22. The van der Waals surface area contributed by atoms with E-state index in [0.717, 1.165) is 0 Å². The molecule has 0 aliphatic rings. The number of aromatic nitrogens is 4. The van der Waals surface area contributed by atoms with E-state index in [-0.39, 0.29) is 5.95 Å². The second-order valence-electron chi connectivity index (χ2n) is 3.24. The second kappa shape index (κ2) is 3.65. The van der Waals surface area contributed by atoms with Crippen LogP contribution < -0.4 is 11.1 Å². The number of aliphatic carboxylic acids is 1. The number of rotatable bonds is 3. The summed E-state index contributed by atoms with van der Waals surface area (Å²) < 4.78 is 0. The van der Waals surface area contributed by atoms with E-state index in [9.17, 15) is 4.79 Å². The SMILES string of the molecule is CC(Nc1nc(N)nc2nc[nH]c12)C(=O)O. The van der Waals surface area contributed by atoms with Crippen LogP contribution in [0.15, 0.2) is 6.33 Å². The summed E-state index contributed by atoms with van der Waals surface area (Å²) in [5.41, 5.74) is 6.40. The van der Waals surface area contributed by atoms with Crippen molar-refractivity contribution >= 4 is 28.9 Å². The highest BCUT2D eigenvalue weighted by atomic mass is 16.4. The van der Waals surface area contributed by atoms with E-state index in [4.69, 9.17) is 10.8 Å². The highest BCUT2D eigenvalue weighted by molar-refractivity contribution is 5.86. The molecule has 0 aliphatic heterocycles. The largest absolute Gasteiger partial charge is 0.480 e. The van der Waals surface area contributed by atoms with Gasteiger partial charge in [0, 0.05) is 0 Å². The summed E-state index contributed by atoms with van der Waals surface area (Å²) >= 11 is 0. The van der Waals surface area contributed by atoms with Crippen LogP contribution in [-0.4, -0.2) is 37.1 Å². The molecular formula is C8H10N6O2. The lowest BCUT2D eigenvalue weighted by atomic mass is 10.3. The molecule has 2 aromatic heterocycles. The Morgan fingerprint density at radius 2 is 2.38 bits per heavy atom. The number of nitrogens with one attached hydrogen (secondary N) is 2. The van der Waals surface area contributed by atoms with E-state index in [1.165, 1.54) is 13.3 Å². The second-order valence-corrected chi connectivity index (χ2v) is 3.24. The monoisotopic (exact) mass is 222 g/mol. The van der Waals surface area contributed by atoms with Crippen molar-refractivity contribution < 1.29 is 9.90 Å². The number of nitrogen functional groups attached to an aromatic ring is 1. The van der Waals surface area contributed by atoms with Crippen LogP contribution in [0, 0.1) is 0 Å². The number of carbonyl (C=O) groups is 1. The molecule has 2 aromatic rings. The van der Waals surface area contributed by atoms with E-state index >= 15 is 0 Å². The summed E-state index contributed by atoms with van der Waals surface area (Å²) in [7, 11) is 0. The molecule has 1 unspecified atom stereocenters. The molecule has 0 aromatic carbocycles. The number of imidazole rings is 1. The van der Waals surface area contributed by atoms with Gasteiger partial charge in [-0.2, -0.15) is 9.97 Å². The van der Waals surface area contributed by atoms with Gasteiger partial charge in [-0.25, -0.2) is 4.98 Å². The first-order valence-corrected chi connectivity index (χ1v) is 4.54. The molecule has 84 valence electrons. The third-order valence-electron chi connectivity index (χ3n) is 2.03. The molecule has 0 bridgehead atoms. The minimum Gasteiger partial charge on any atom is -0.480 e. The molecule has 0 fully saturated rings. The predicted octanol–water partition coefficient (Wildman–Crippen LogP) is -0.180. The molecule has 0 radical (unpaired) electrons. The van der Waals surface area contributed by atoms with Crippen LogP contribution in [0.1, 0.15) is 6.92 Å². The fourth-order valence-electron chi connectivity index (χ4n) is 1.22. The van der Waals surface area contributed by atoms with Crippen molar-refractivity contribution in [2.75, 3.05) is 11.1 Å². The lowest BCUT2D eigenvalue weighted by molar-refractivity contribution is -0.137. The van der Waals surface area contributed by atoms with E-state index in [0.29, 0.717) is 17.0 Å². The number of hydrogen-bond acceptors (Lipinski definition) is 6. The van der Waals surface area contributed by atoms with Gasteiger partial charge in [-0.1, -0.05) is 0 Å². The smallest absolute Gasteiger partial charge is 0.325 e. The predicted molar refractivity (Wildman–Crippen MR) is 56.8 cm³/mol. The van der Waals surface area contributed by atoms with Gasteiger partial charge in [-0.05, 0) is 6.92 Å². The molecule has 0 amide bonds. The molecule has 0 saturated heterocycles. The van der Waals surface area contributed by atoms with E-state index < -0.39 is 12.0 Å². The number of anilines is 2. The number of aromatic amines is 1. The zero-order chi connectivity index (χ0) is 11.7. The minimum atomic E-state index is -0.982. The Labute approximate surface area is 89.9 Å². The van der Waals surface area contributed by atoms with Gasteiger partial charge in [0.25, 0.3) is 0 Å². The number of nitrogens with two attached hydrogens (primary N) is 1. The van der Waals surface area contributed by atoms with E-state index in [2.05, 4.69) is 25.3 Å². The molecule has 0 aliphatic carbocycles. The van der Waals surface area contributed by atoms with Crippen molar-refractivity contribution in [2.45, 2.75) is 13.0 Å². The first kappa shape index (κ1) is 10.1. The number of fused-ring (bicyclic) bond motifs is 1. The maximum atomic E-state index is 10.7. The van der Waals surface area contributed by atoms with Crippen molar-refractivity contribution in [3.63, 3.8) is 0 Å². The van der Waals surface area contributed by atoms with Crippen molar-refractivity contribution in [1.29, 1.82) is 0 Å². The molecule has 2 rings (SSSR count). The Morgan fingerprint density at radius 1 is 1.62 bits per heavy atom. The highest BCUT2D eigenvalue weighted by Gasteiger charge is 2.15. The summed E-state index contributed by atoms with van der Waals surface area (Å²) in [6.45, 7) is 1.50. The Bertz CT molecular complexity index is 536. The van der Waals surface area contributed by atoms with Gasteiger partial charge in [0.15, 0.2) is 11.5 Å². The summed E-state index contributed by atoms with van der Waals surface area (Å²) in [6.07, 6.45) is 1.44. The fraction of sp³-hybridized carbons (Fsp3) is 0.250. The van der Waals surface area contributed by atoms with Crippen LogP contribution >= 0.6 is 0 Å². The number of carboxylic acids is 1. The summed E-state index contributed by atoms with van der Waals surface area (Å²) in [6, 6.07) is -0.777. The number of H-pyrrole nitrogens is 1. The van der Waals surface area contributed by atoms with Crippen LogP contribution in [0.5, 0.6) is 0 Å². The van der Waals surface area contributed by atoms with Crippen LogP contribution in [0.3, 0.4) is 0 Å². The molecule has 8 heteroatoms. The number of hydrogen-bond donors (Lipinski definition) is 4. The van der Waals surface area contributed by atoms with E-state index in [1.54, 1.807) is 0 Å². The molecule has 2 heterocycles. The molecule has 0 saturated carbocycles. The quantitative estimate of drug-likeness (QED) is 0.566. The maximum absolute atomic E-state index is 10.7.